The first-order valence-corrected chi connectivity index (χ1v) is 6.59. The number of hydrogen-bond acceptors (Lipinski definition) is 1. The van der Waals surface area contributed by atoms with E-state index in [2.05, 4.69) is 24.0 Å². The second kappa shape index (κ2) is 3.72. The maximum Gasteiger partial charge on any atom is 0.0980 e. The summed E-state index contributed by atoms with van der Waals surface area (Å²) in [6.45, 7) is 2.06. The highest BCUT2D eigenvalue weighted by atomic mass is 35.5. The van der Waals surface area contributed by atoms with Crippen LogP contribution in [0.1, 0.15) is 5.56 Å². The van der Waals surface area contributed by atoms with Gasteiger partial charge >= 0.3 is 0 Å². The Hall–Kier alpha value is -2.06. The van der Waals surface area contributed by atoms with Gasteiger partial charge in [-0.2, -0.15) is 0 Å². The first-order chi connectivity index (χ1) is 9.25. The summed E-state index contributed by atoms with van der Waals surface area (Å²) >= 11 is 6.58. The van der Waals surface area contributed by atoms with E-state index in [0.29, 0.717) is 0 Å². The van der Waals surface area contributed by atoms with E-state index in [0.717, 1.165) is 43.4 Å². The van der Waals surface area contributed by atoms with Crippen LogP contribution in [0.3, 0.4) is 0 Å². The molecule has 4 rings (SSSR count). The molecule has 0 saturated heterocycles. The Balaban J connectivity index is 2.33. The number of pyridine rings is 1. The molecule has 0 fully saturated rings. The maximum atomic E-state index is 6.58. The van der Waals surface area contributed by atoms with Crippen LogP contribution in [0.2, 0.25) is 5.02 Å². The van der Waals surface area contributed by atoms with Gasteiger partial charge < -0.3 is 4.98 Å². The molecule has 0 saturated carbocycles. The van der Waals surface area contributed by atoms with Gasteiger partial charge in [0.05, 0.1) is 21.6 Å². The van der Waals surface area contributed by atoms with Gasteiger partial charge in [-0.25, -0.2) is 4.98 Å². The molecule has 0 amide bonds. The van der Waals surface area contributed by atoms with Crippen molar-refractivity contribution in [1.82, 2.24) is 9.97 Å². The molecule has 2 heterocycles. The predicted octanol–water partition coefficient (Wildman–Crippen LogP) is 4.83. The van der Waals surface area contributed by atoms with Crippen LogP contribution in [0.15, 0.2) is 42.5 Å². The van der Waals surface area contributed by atoms with E-state index in [1.54, 1.807) is 0 Å². The number of nitrogens with zero attached hydrogens (tertiary/aromatic N) is 1. The van der Waals surface area contributed by atoms with Crippen molar-refractivity contribution >= 4 is 44.4 Å². The predicted molar refractivity (Wildman–Crippen MR) is 80.9 cm³/mol. The highest BCUT2D eigenvalue weighted by Crippen LogP contribution is 2.35. The van der Waals surface area contributed by atoms with E-state index in [1.807, 2.05) is 30.3 Å². The number of halogens is 1. The monoisotopic (exact) mass is 266 g/mol. The molecule has 0 spiro atoms. The summed E-state index contributed by atoms with van der Waals surface area (Å²) in [5.74, 6) is 0. The smallest absolute Gasteiger partial charge is 0.0980 e. The molecule has 2 aromatic carbocycles. The number of aryl methyl sites for hydroxylation is 1. The summed E-state index contributed by atoms with van der Waals surface area (Å²) in [5.41, 5.74) is 5.03. The summed E-state index contributed by atoms with van der Waals surface area (Å²) in [7, 11) is 0. The summed E-state index contributed by atoms with van der Waals surface area (Å²) < 4.78 is 0. The van der Waals surface area contributed by atoms with Gasteiger partial charge in [-0.05, 0) is 24.6 Å². The molecule has 0 radical (unpaired) electrons. The molecule has 0 bridgehead atoms. The number of hydrogen-bond donors (Lipinski definition) is 1. The molecular weight excluding hydrogens is 256 g/mol. The lowest BCUT2D eigenvalue weighted by Crippen LogP contribution is -1.85. The van der Waals surface area contributed by atoms with Crippen LogP contribution in [0.5, 0.6) is 0 Å². The van der Waals surface area contributed by atoms with Gasteiger partial charge in [0.15, 0.2) is 0 Å². The lowest BCUT2D eigenvalue weighted by Gasteiger charge is -2.04. The van der Waals surface area contributed by atoms with Gasteiger partial charge in [0.1, 0.15) is 0 Å². The van der Waals surface area contributed by atoms with Crippen molar-refractivity contribution in [3.8, 4) is 0 Å². The van der Waals surface area contributed by atoms with Crippen molar-refractivity contribution in [2.75, 3.05) is 0 Å². The molecule has 92 valence electrons. The molecule has 19 heavy (non-hydrogen) atoms. The van der Waals surface area contributed by atoms with Crippen LogP contribution >= 0.6 is 11.6 Å². The molecule has 0 aliphatic carbocycles. The molecule has 0 aliphatic rings. The van der Waals surface area contributed by atoms with Crippen molar-refractivity contribution in [2.24, 2.45) is 0 Å². The fourth-order valence-electron chi connectivity index (χ4n) is 2.68. The zero-order valence-electron chi connectivity index (χ0n) is 10.4. The number of rotatable bonds is 0. The Kier molecular flexibility index (Phi) is 2.12. The van der Waals surface area contributed by atoms with Crippen LogP contribution in [0, 0.1) is 6.92 Å². The van der Waals surface area contributed by atoms with Crippen molar-refractivity contribution in [3.63, 3.8) is 0 Å². The molecular formula is C16H11ClN2. The zero-order chi connectivity index (χ0) is 13.0. The minimum Gasteiger partial charge on any atom is -0.352 e. The first kappa shape index (κ1) is 10.8. The van der Waals surface area contributed by atoms with Crippen molar-refractivity contribution in [2.45, 2.75) is 6.92 Å². The summed E-state index contributed by atoms with van der Waals surface area (Å²) in [5, 5.41) is 2.90. The molecule has 3 heteroatoms. The van der Waals surface area contributed by atoms with Gasteiger partial charge in [0.25, 0.3) is 0 Å². The van der Waals surface area contributed by atoms with Gasteiger partial charge in [-0.1, -0.05) is 41.9 Å². The van der Waals surface area contributed by atoms with Crippen LogP contribution in [-0.2, 0) is 0 Å². The van der Waals surface area contributed by atoms with E-state index in [4.69, 9.17) is 16.6 Å². The topological polar surface area (TPSA) is 28.7 Å². The van der Waals surface area contributed by atoms with E-state index in [1.165, 1.54) is 0 Å². The Morgan fingerprint density at radius 1 is 1.05 bits per heavy atom. The lowest BCUT2D eigenvalue weighted by atomic mass is 10.1. The van der Waals surface area contributed by atoms with E-state index in [9.17, 15) is 0 Å². The number of H-pyrrole nitrogens is 1. The Morgan fingerprint density at radius 3 is 2.79 bits per heavy atom. The number of benzene rings is 2. The van der Waals surface area contributed by atoms with Gasteiger partial charge in [0, 0.05) is 16.3 Å². The minimum absolute atomic E-state index is 0.759. The second-order valence-corrected chi connectivity index (χ2v) is 5.17. The average molecular weight is 267 g/mol. The quantitative estimate of drug-likeness (QED) is 0.485. The van der Waals surface area contributed by atoms with Crippen LogP contribution in [0.4, 0.5) is 0 Å². The molecule has 2 nitrogen and oxygen atoms in total. The third-order valence-corrected chi connectivity index (χ3v) is 3.98. The van der Waals surface area contributed by atoms with E-state index >= 15 is 0 Å². The van der Waals surface area contributed by atoms with Crippen molar-refractivity contribution < 1.29 is 0 Å². The normalized spacial score (nSPS) is 11.7. The number of aromatic amines is 1. The fourth-order valence-corrected chi connectivity index (χ4v) is 3.06. The third-order valence-electron chi connectivity index (χ3n) is 3.60. The van der Waals surface area contributed by atoms with Crippen LogP contribution in [-0.4, -0.2) is 9.97 Å². The molecule has 0 atom stereocenters. The summed E-state index contributed by atoms with van der Waals surface area (Å²) in [4.78, 5) is 8.14. The second-order valence-electron chi connectivity index (χ2n) is 4.79. The first-order valence-electron chi connectivity index (χ1n) is 6.21. The summed E-state index contributed by atoms with van der Waals surface area (Å²) in [6, 6.07) is 14.2. The SMILES string of the molecule is Cc1cccc2nc3c([nH]c4ccccc43)c(Cl)c12. The van der Waals surface area contributed by atoms with Crippen molar-refractivity contribution in [3.05, 3.63) is 53.1 Å². The van der Waals surface area contributed by atoms with Gasteiger partial charge in [-0.3, -0.25) is 0 Å². The minimum atomic E-state index is 0.759. The highest BCUT2D eigenvalue weighted by Gasteiger charge is 2.13. The highest BCUT2D eigenvalue weighted by molar-refractivity contribution is 6.41. The fraction of sp³-hybridized carbons (Fsp3) is 0.0625. The average Bonchev–Trinajstić information content (AvgIpc) is 2.78. The number of nitrogens with one attached hydrogen (secondary N) is 1. The third kappa shape index (κ3) is 1.41. The Bertz CT molecular complexity index is 938. The molecule has 2 aromatic heterocycles. The van der Waals surface area contributed by atoms with Gasteiger partial charge in [0.2, 0.25) is 0 Å². The van der Waals surface area contributed by atoms with Crippen LogP contribution in [0.25, 0.3) is 32.8 Å². The maximum absolute atomic E-state index is 6.58. The van der Waals surface area contributed by atoms with E-state index in [-0.39, 0.29) is 0 Å². The number of aromatic nitrogens is 2. The van der Waals surface area contributed by atoms with Gasteiger partial charge in [-0.15, -0.1) is 0 Å². The van der Waals surface area contributed by atoms with Crippen molar-refractivity contribution in [1.29, 1.82) is 0 Å². The standard InChI is InChI=1S/C16H11ClN2/c1-9-5-4-8-12-13(9)14(17)16-15(19-12)10-6-2-3-7-11(10)18-16/h2-8,18H,1H3. The molecule has 1 N–H and O–H groups in total. The lowest BCUT2D eigenvalue weighted by molar-refractivity contribution is 1.45. The van der Waals surface area contributed by atoms with Crippen LogP contribution < -0.4 is 0 Å². The molecule has 0 unspecified atom stereocenters. The Labute approximate surface area is 115 Å². The molecule has 4 aromatic rings. The van der Waals surface area contributed by atoms with E-state index < -0.39 is 0 Å². The molecule has 0 aliphatic heterocycles. The largest absolute Gasteiger partial charge is 0.352 e. The zero-order valence-corrected chi connectivity index (χ0v) is 11.1. The Morgan fingerprint density at radius 2 is 1.89 bits per heavy atom. The number of para-hydroxylation sites is 1. The summed E-state index contributed by atoms with van der Waals surface area (Å²) in [6.07, 6.45) is 0. The number of fused-ring (bicyclic) bond motifs is 4.